The Hall–Kier alpha value is -2.70. The van der Waals surface area contributed by atoms with Crippen LogP contribution in [0.25, 0.3) is 11.0 Å². The van der Waals surface area contributed by atoms with E-state index in [-0.39, 0.29) is 39.1 Å². The zero-order chi connectivity index (χ0) is 19.7. The average molecular weight is 405 g/mol. The van der Waals surface area contributed by atoms with Gasteiger partial charge in [-0.05, 0) is 24.6 Å². The van der Waals surface area contributed by atoms with Crippen LogP contribution < -0.4 is 4.73 Å². The largest absolute Gasteiger partial charge is 0.618 e. The third-order valence-electron chi connectivity index (χ3n) is 4.01. The van der Waals surface area contributed by atoms with Crippen LogP contribution >= 0.6 is 23.2 Å². The van der Waals surface area contributed by atoms with Gasteiger partial charge in [0.25, 0.3) is 5.69 Å². The minimum atomic E-state index is -0.573. The van der Waals surface area contributed by atoms with E-state index in [9.17, 15) is 14.8 Å². The van der Waals surface area contributed by atoms with Crippen LogP contribution in [0, 0.1) is 12.1 Å². The van der Waals surface area contributed by atoms with Crippen molar-refractivity contribution in [3.05, 3.63) is 74.2 Å². The van der Waals surface area contributed by atoms with Crippen LogP contribution in [0.1, 0.15) is 39.0 Å². The van der Waals surface area contributed by atoms with Crippen LogP contribution in [0.5, 0.6) is 0 Å². The SMILES string of the molecule is CC(=O)c1c(COC(=O)c2ccccc2C)nc2cc(Cl)c(Cl)cc2[n+]1[O-]. The van der Waals surface area contributed by atoms with Crippen LogP contribution in [0.3, 0.4) is 0 Å². The number of halogens is 2. The Bertz CT molecular complexity index is 1080. The summed E-state index contributed by atoms with van der Waals surface area (Å²) in [4.78, 5) is 28.6. The average Bonchev–Trinajstić information content (AvgIpc) is 2.61. The van der Waals surface area contributed by atoms with Gasteiger partial charge in [0.15, 0.2) is 5.69 Å². The fraction of sp³-hybridized carbons (Fsp3) is 0.158. The number of esters is 1. The first-order chi connectivity index (χ1) is 12.8. The lowest BCUT2D eigenvalue weighted by Gasteiger charge is -2.11. The van der Waals surface area contributed by atoms with Gasteiger partial charge in [0.2, 0.25) is 11.3 Å². The summed E-state index contributed by atoms with van der Waals surface area (Å²) in [5.74, 6) is -1.08. The highest BCUT2D eigenvalue weighted by Crippen LogP contribution is 2.26. The van der Waals surface area contributed by atoms with Crippen LogP contribution in [0.15, 0.2) is 36.4 Å². The highest BCUT2D eigenvalue weighted by atomic mass is 35.5. The van der Waals surface area contributed by atoms with Gasteiger partial charge in [0.05, 0.1) is 15.6 Å². The van der Waals surface area contributed by atoms with Crippen molar-refractivity contribution in [1.82, 2.24) is 4.98 Å². The number of Topliss-reactive ketones (excluding diaryl/α,β-unsaturated/α-hetero) is 1. The second kappa shape index (κ2) is 7.50. The lowest BCUT2D eigenvalue weighted by molar-refractivity contribution is -0.580. The fourth-order valence-corrected chi connectivity index (χ4v) is 2.99. The Morgan fingerprint density at radius 1 is 1.19 bits per heavy atom. The van der Waals surface area contributed by atoms with Crippen molar-refractivity contribution < 1.29 is 19.1 Å². The number of ketones is 1. The Balaban J connectivity index is 2.01. The Kier molecular flexibility index (Phi) is 5.30. The second-order valence-electron chi connectivity index (χ2n) is 5.90. The summed E-state index contributed by atoms with van der Waals surface area (Å²) in [5, 5.41) is 13.0. The predicted octanol–water partition coefficient (Wildman–Crippen LogP) is 4.04. The molecule has 0 fully saturated rings. The molecule has 6 nitrogen and oxygen atoms in total. The topological polar surface area (TPSA) is 83.2 Å². The van der Waals surface area contributed by atoms with E-state index in [1.54, 1.807) is 31.2 Å². The summed E-state index contributed by atoms with van der Waals surface area (Å²) in [6, 6.07) is 9.70. The first kappa shape index (κ1) is 19.1. The van der Waals surface area contributed by atoms with Crippen LogP contribution in [0.4, 0.5) is 0 Å². The molecule has 0 spiro atoms. The number of hydrogen-bond acceptors (Lipinski definition) is 5. The number of nitrogens with zero attached hydrogens (tertiary/aromatic N) is 2. The summed E-state index contributed by atoms with van der Waals surface area (Å²) in [5.41, 5.74) is 1.33. The van der Waals surface area contributed by atoms with Gasteiger partial charge >= 0.3 is 5.97 Å². The highest BCUT2D eigenvalue weighted by Gasteiger charge is 2.25. The van der Waals surface area contributed by atoms with E-state index >= 15 is 0 Å². The zero-order valence-electron chi connectivity index (χ0n) is 14.5. The van der Waals surface area contributed by atoms with Gasteiger partial charge in [0, 0.05) is 13.0 Å². The van der Waals surface area contributed by atoms with Gasteiger partial charge < -0.3 is 9.94 Å². The molecule has 0 bridgehead atoms. The van der Waals surface area contributed by atoms with Crippen LogP contribution in [-0.4, -0.2) is 16.7 Å². The monoisotopic (exact) mass is 404 g/mol. The smallest absolute Gasteiger partial charge is 0.338 e. The molecule has 0 aliphatic heterocycles. The molecule has 27 heavy (non-hydrogen) atoms. The summed E-state index contributed by atoms with van der Waals surface area (Å²) < 4.78 is 5.71. The normalized spacial score (nSPS) is 10.8. The molecule has 0 saturated heterocycles. The number of benzene rings is 2. The molecule has 0 aliphatic carbocycles. The fourth-order valence-electron chi connectivity index (χ4n) is 2.67. The molecule has 0 atom stereocenters. The van der Waals surface area contributed by atoms with Crippen molar-refractivity contribution in [3.8, 4) is 0 Å². The Labute approximate surface area is 164 Å². The molecule has 0 N–H and O–H groups in total. The van der Waals surface area contributed by atoms with E-state index in [1.165, 1.54) is 19.1 Å². The number of carbonyl (C=O) groups excluding carboxylic acids is 2. The highest BCUT2D eigenvalue weighted by molar-refractivity contribution is 6.42. The molecule has 0 unspecified atom stereocenters. The lowest BCUT2D eigenvalue weighted by atomic mass is 10.1. The van der Waals surface area contributed by atoms with E-state index < -0.39 is 11.8 Å². The van der Waals surface area contributed by atoms with Crippen LogP contribution in [-0.2, 0) is 11.3 Å². The van der Waals surface area contributed by atoms with Gasteiger partial charge in [-0.2, -0.15) is 4.73 Å². The van der Waals surface area contributed by atoms with Crippen molar-refractivity contribution in [2.45, 2.75) is 20.5 Å². The number of fused-ring (bicyclic) bond motifs is 1. The zero-order valence-corrected chi connectivity index (χ0v) is 16.0. The first-order valence-electron chi connectivity index (χ1n) is 7.94. The van der Waals surface area contributed by atoms with Gasteiger partial charge in [-0.3, -0.25) is 4.79 Å². The molecule has 2 aromatic carbocycles. The van der Waals surface area contributed by atoms with Gasteiger partial charge in [-0.1, -0.05) is 41.4 Å². The molecule has 0 amide bonds. The van der Waals surface area contributed by atoms with Gasteiger partial charge in [-0.25, -0.2) is 9.78 Å². The number of hydrogen-bond donors (Lipinski definition) is 0. The van der Waals surface area contributed by atoms with E-state index in [0.717, 1.165) is 5.56 Å². The van der Waals surface area contributed by atoms with Crippen LogP contribution in [0.2, 0.25) is 10.0 Å². The summed E-state index contributed by atoms with van der Waals surface area (Å²) in [7, 11) is 0. The molecule has 138 valence electrons. The number of rotatable bonds is 4. The number of aryl methyl sites for hydroxylation is 1. The summed E-state index contributed by atoms with van der Waals surface area (Å²) in [6.07, 6.45) is 0. The Morgan fingerprint density at radius 2 is 1.85 bits per heavy atom. The van der Waals surface area contributed by atoms with Crippen molar-refractivity contribution in [2.75, 3.05) is 0 Å². The van der Waals surface area contributed by atoms with E-state index in [2.05, 4.69) is 4.98 Å². The van der Waals surface area contributed by atoms with Gasteiger partial charge in [0.1, 0.15) is 12.1 Å². The molecular formula is C19H14Cl2N2O4. The Morgan fingerprint density at radius 3 is 2.52 bits per heavy atom. The van der Waals surface area contributed by atoms with E-state index in [1.807, 2.05) is 0 Å². The number of aromatic nitrogens is 2. The van der Waals surface area contributed by atoms with Gasteiger partial charge in [-0.15, -0.1) is 0 Å². The molecule has 1 heterocycles. The summed E-state index contributed by atoms with van der Waals surface area (Å²) >= 11 is 11.9. The molecule has 3 aromatic rings. The number of carbonyl (C=O) groups is 2. The quantitative estimate of drug-likeness (QED) is 0.283. The third kappa shape index (κ3) is 3.72. The maximum absolute atomic E-state index is 12.6. The standard InChI is InChI=1S/C19H14Cl2N2O4/c1-10-5-3-4-6-12(10)19(25)27-9-16-18(11(2)24)23(26)17-8-14(21)13(20)7-15(17)22-16/h3-8H,9H2,1-2H3. The van der Waals surface area contributed by atoms with E-state index in [0.29, 0.717) is 10.3 Å². The molecule has 0 saturated carbocycles. The maximum atomic E-state index is 12.6. The molecular weight excluding hydrogens is 391 g/mol. The van der Waals surface area contributed by atoms with Crippen molar-refractivity contribution >= 4 is 46.0 Å². The maximum Gasteiger partial charge on any atom is 0.338 e. The number of ether oxygens (including phenoxy) is 1. The molecule has 0 radical (unpaired) electrons. The van der Waals surface area contributed by atoms with Crippen molar-refractivity contribution in [2.24, 2.45) is 0 Å². The molecule has 8 heteroatoms. The molecule has 0 aliphatic rings. The van der Waals surface area contributed by atoms with E-state index in [4.69, 9.17) is 27.9 Å². The molecule has 3 rings (SSSR count). The van der Waals surface area contributed by atoms with Crippen molar-refractivity contribution in [1.29, 1.82) is 0 Å². The molecule has 1 aromatic heterocycles. The van der Waals surface area contributed by atoms with Crippen molar-refractivity contribution in [3.63, 3.8) is 0 Å². The lowest BCUT2D eigenvalue weighted by Crippen LogP contribution is -2.37. The minimum Gasteiger partial charge on any atom is -0.618 e. The first-order valence-corrected chi connectivity index (χ1v) is 8.70. The summed E-state index contributed by atoms with van der Waals surface area (Å²) in [6.45, 7) is 2.69. The predicted molar refractivity (Wildman–Crippen MR) is 101 cm³/mol. The third-order valence-corrected chi connectivity index (χ3v) is 4.73. The minimum absolute atomic E-state index is 0.0466. The second-order valence-corrected chi connectivity index (χ2v) is 6.72.